The molecule has 5 heteroatoms. The number of nitrogens with one attached hydrogen (secondary N) is 1. The average molecular weight is 297 g/mol. The number of pyridine rings is 1. The van der Waals surface area contributed by atoms with Gasteiger partial charge >= 0.3 is 0 Å². The Kier molecular flexibility index (Phi) is 8.23. The third kappa shape index (κ3) is 5.25. The smallest absolute Gasteiger partial charge is 0.170 e. The van der Waals surface area contributed by atoms with E-state index in [1.165, 1.54) is 0 Å². The lowest BCUT2D eigenvalue weighted by atomic mass is 10.2. The van der Waals surface area contributed by atoms with Crippen LogP contribution in [0.2, 0.25) is 0 Å². The van der Waals surface area contributed by atoms with Crippen molar-refractivity contribution in [2.75, 3.05) is 31.7 Å². The lowest BCUT2D eigenvalue weighted by Gasteiger charge is -2.30. The third-order valence-electron chi connectivity index (χ3n) is 3.62. The van der Waals surface area contributed by atoms with Crippen LogP contribution in [0.3, 0.4) is 0 Å². The van der Waals surface area contributed by atoms with E-state index in [9.17, 15) is 4.39 Å². The highest BCUT2D eigenvalue weighted by Crippen LogP contribution is 2.22. The molecule has 1 atom stereocenters. The molecule has 0 spiro atoms. The number of hydrogen-bond donors (Lipinski definition) is 1. The maximum absolute atomic E-state index is 14.7. The van der Waals surface area contributed by atoms with E-state index in [0.717, 1.165) is 19.4 Å². The zero-order valence-electron chi connectivity index (χ0n) is 13.7. The predicted octanol–water partition coefficient (Wildman–Crippen LogP) is 2.97. The molecule has 120 valence electrons. The van der Waals surface area contributed by atoms with Gasteiger partial charge in [0, 0.05) is 38.0 Å². The van der Waals surface area contributed by atoms with Crippen LogP contribution in [-0.4, -0.2) is 37.8 Å². The van der Waals surface area contributed by atoms with Gasteiger partial charge in [0.1, 0.15) is 0 Å². The minimum Gasteiger partial charge on any atom is -0.383 e. The Morgan fingerprint density at radius 2 is 2.19 bits per heavy atom. The molecule has 0 aromatic carbocycles. The number of rotatable bonds is 10. The van der Waals surface area contributed by atoms with Crippen LogP contribution in [0, 0.1) is 5.82 Å². The first-order valence-corrected chi connectivity index (χ1v) is 7.75. The molecule has 0 saturated heterocycles. The quantitative estimate of drug-likeness (QED) is 0.674. The van der Waals surface area contributed by atoms with Gasteiger partial charge in [-0.25, -0.2) is 9.37 Å². The van der Waals surface area contributed by atoms with E-state index >= 15 is 0 Å². The summed E-state index contributed by atoms with van der Waals surface area (Å²) in [5.74, 6) is 0.203. The van der Waals surface area contributed by atoms with Crippen LogP contribution < -0.4 is 10.2 Å². The van der Waals surface area contributed by atoms with Crippen molar-refractivity contribution in [1.29, 1.82) is 0 Å². The van der Waals surface area contributed by atoms with Gasteiger partial charge in [0.15, 0.2) is 11.6 Å². The molecule has 1 unspecified atom stereocenters. The molecule has 0 aliphatic heterocycles. The van der Waals surface area contributed by atoms with Crippen molar-refractivity contribution in [2.45, 2.75) is 46.2 Å². The van der Waals surface area contributed by atoms with Gasteiger partial charge in [-0.3, -0.25) is 0 Å². The van der Waals surface area contributed by atoms with Gasteiger partial charge in [0.05, 0.1) is 6.61 Å². The SMILES string of the molecule is CCCNCc1ccnc(N(CCOC)C(C)CC)c1F. The van der Waals surface area contributed by atoms with Crippen molar-refractivity contribution >= 4 is 5.82 Å². The van der Waals surface area contributed by atoms with Crippen LogP contribution in [0.4, 0.5) is 10.2 Å². The Bertz CT molecular complexity index is 415. The summed E-state index contributed by atoms with van der Waals surface area (Å²) < 4.78 is 19.8. The molecule has 0 amide bonds. The molecule has 1 rings (SSSR count). The molecule has 1 aromatic heterocycles. The number of nitrogens with zero attached hydrogens (tertiary/aromatic N) is 2. The fourth-order valence-electron chi connectivity index (χ4n) is 2.15. The van der Waals surface area contributed by atoms with Crippen molar-refractivity contribution < 1.29 is 9.13 Å². The highest BCUT2D eigenvalue weighted by atomic mass is 19.1. The van der Waals surface area contributed by atoms with Crippen LogP contribution in [0.5, 0.6) is 0 Å². The van der Waals surface area contributed by atoms with Gasteiger partial charge in [-0.05, 0) is 32.4 Å². The number of ether oxygens (including phenoxy) is 1. The first-order chi connectivity index (χ1) is 10.2. The van der Waals surface area contributed by atoms with Gasteiger partial charge in [-0.1, -0.05) is 13.8 Å². The molecular weight excluding hydrogens is 269 g/mol. The maximum atomic E-state index is 14.7. The molecule has 0 aliphatic carbocycles. The van der Waals surface area contributed by atoms with Crippen LogP contribution in [0.15, 0.2) is 12.3 Å². The van der Waals surface area contributed by atoms with Crippen LogP contribution >= 0.6 is 0 Å². The summed E-state index contributed by atoms with van der Waals surface area (Å²) in [6.07, 6.45) is 3.65. The zero-order valence-corrected chi connectivity index (χ0v) is 13.7. The lowest BCUT2D eigenvalue weighted by molar-refractivity contribution is 0.203. The molecule has 1 heterocycles. The molecule has 1 N–H and O–H groups in total. The largest absolute Gasteiger partial charge is 0.383 e. The van der Waals surface area contributed by atoms with E-state index in [4.69, 9.17) is 4.74 Å². The average Bonchev–Trinajstić information content (AvgIpc) is 2.50. The van der Waals surface area contributed by atoms with Crippen molar-refractivity contribution in [2.24, 2.45) is 0 Å². The zero-order chi connectivity index (χ0) is 15.7. The normalized spacial score (nSPS) is 12.4. The minimum atomic E-state index is -0.225. The Morgan fingerprint density at radius 3 is 2.81 bits per heavy atom. The lowest BCUT2D eigenvalue weighted by Crippen LogP contribution is -2.37. The second-order valence-corrected chi connectivity index (χ2v) is 5.23. The molecule has 0 bridgehead atoms. The Balaban J connectivity index is 2.93. The van der Waals surface area contributed by atoms with E-state index in [2.05, 4.69) is 31.1 Å². The molecule has 21 heavy (non-hydrogen) atoms. The highest BCUT2D eigenvalue weighted by Gasteiger charge is 2.19. The Morgan fingerprint density at radius 1 is 1.43 bits per heavy atom. The van der Waals surface area contributed by atoms with Crippen LogP contribution in [0.1, 0.15) is 39.2 Å². The molecule has 0 fully saturated rings. The van der Waals surface area contributed by atoms with Gasteiger partial charge in [-0.2, -0.15) is 0 Å². The minimum absolute atomic E-state index is 0.223. The Hall–Kier alpha value is -1.20. The van der Waals surface area contributed by atoms with E-state index < -0.39 is 0 Å². The fourth-order valence-corrected chi connectivity index (χ4v) is 2.15. The van der Waals surface area contributed by atoms with Gasteiger partial charge in [-0.15, -0.1) is 0 Å². The summed E-state index contributed by atoms with van der Waals surface area (Å²) in [5.41, 5.74) is 0.666. The summed E-state index contributed by atoms with van der Waals surface area (Å²) in [5, 5.41) is 3.23. The highest BCUT2D eigenvalue weighted by molar-refractivity contribution is 5.44. The summed E-state index contributed by atoms with van der Waals surface area (Å²) in [6, 6.07) is 1.97. The molecule has 0 aliphatic rings. The summed E-state index contributed by atoms with van der Waals surface area (Å²) in [4.78, 5) is 6.25. The van der Waals surface area contributed by atoms with Gasteiger partial charge < -0.3 is 15.0 Å². The molecule has 1 aromatic rings. The van der Waals surface area contributed by atoms with E-state index in [0.29, 0.717) is 31.1 Å². The van der Waals surface area contributed by atoms with E-state index in [1.807, 2.05) is 4.90 Å². The fraction of sp³-hybridized carbons (Fsp3) is 0.688. The van der Waals surface area contributed by atoms with Gasteiger partial charge in [0.2, 0.25) is 0 Å². The standard InChI is InChI=1S/C16H28FN3O/c1-5-8-18-12-14-7-9-19-16(15(14)17)20(10-11-21-4)13(3)6-2/h7,9,13,18H,5-6,8,10-12H2,1-4H3. The number of aromatic nitrogens is 1. The molecule has 0 radical (unpaired) electrons. The maximum Gasteiger partial charge on any atom is 0.170 e. The first kappa shape index (κ1) is 17.9. The molecule has 4 nitrogen and oxygen atoms in total. The summed E-state index contributed by atoms with van der Waals surface area (Å²) >= 11 is 0. The summed E-state index contributed by atoms with van der Waals surface area (Å²) in [6.45, 7) is 8.89. The van der Waals surface area contributed by atoms with Gasteiger partial charge in [0.25, 0.3) is 0 Å². The molecule has 0 saturated carbocycles. The van der Waals surface area contributed by atoms with E-state index in [-0.39, 0.29) is 11.9 Å². The van der Waals surface area contributed by atoms with Crippen molar-refractivity contribution in [1.82, 2.24) is 10.3 Å². The third-order valence-corrected chi connectivity index (χ3v) is 3.62. The Labute approximate surface area is 127 Å². The second-order valence-electron chi connectivity index (χ2n) is 5.23. The van der Waals surface area contributed by atoms with Crippen LogP contribution in [0.25, 0.3) is 0 Å². The van der Waals surface area contributed by atoms with E-state index in [1.54, 1.807) is 19.4 Å². The monoisotopic (exact) mass is 297 g/mol. The van der Waals surface area contributed by atoms with Crippen LogP contribution in [-0.2, 0) is 11.3 Å². The second kappa shape index (κ2) is 9.68. The topological polar surface area (TPSA) is 37.4 Å². The number of hydrogen-bond acceptors (Lipinski definition) is 4. The number of methoxy groups -OCH3 is 1. The molecular formula is C16H28FN3O. The summed E-state index contributed by atoms with van der Waals surface area (Å²) in [7, 11) is 1.66. The van der Waals surface area contributed by atoms with Crippen molar-refractivity contribution in [3.63, 3.8) is 0 Å². The number of anilines is 1. The first-order valence-electron chi connectivity index (χ1n) is 7.75. The predicted molar refractivity (Wildman–Crippen MR) is 85.2 cm³/mol. The van der Waals surface area contributed by atoms with Crippen molar-refractivity contribution in [3.8, 4) is 0 Å². The number of halogens is 1. The van der Waals surface area contributed by atoms with Crippen molar-refractivity contribution in [3.05, 3.63) is 23.6 Å².